The molecule has 1 unspecified atom stereocenters. The molecule has 1 atom stereocenters. The van der Waals surface area contributed by atoms with Crippen LogP contribution in [0.3, 0.4) is 0 Å². The molecule has 1 N–H and O–H groups in total. The first-order valence-electron chi connectivity index (χ1n) is 7.14. The summed E-state index contributed by atoms with van der Waals surface area (Å²) in [6.07, 6.45) is 11.1. The predicted molar refractivity (Wildman–Crippen MR) is 73.3 cm³/mol. The highest BCUT2D eigenvalue weighted by Crippen LogP contribution is 2.30. The van der Waals surface area contributed by atoms with Crippen molar-refractivity contribution < 1.29 is 0 Å². The van der Waals surface area contributed by atoms with Crippen LogP contribution in [0.4, 0.5) is 0 Å². The number of aryl methyl sites for hydroxylation is 2. The lowest BCUT2D eigenvalue weighted by atomic mass is 9.91. The van der Waals surface area contributed by atoms with Crippen LogP contribution in [0.1, 0.15) is 56.2 Å². The van der Waals surface area contributed by atoms with Gasteiger partial charge in [-0.2, -0.15) is 5.26 Å². The molecule has 1 heterocycles. The van der Waals surface area contributed by atoms with E-state index in [9.17, 15) is 0 Å². The summed E-state index contributed by atoms with van der Waals surface area (Å²) in [5, 5.41) is 12.2. The van der Waals surface area contributed by atoms with Crippen molar-refractivity contribution in [2.45, 2.75) is 58.0 Å². The zero-order valence-corrected chi connectivity index (χ0v) is 11.3. The molecule has 0 aromatic carbocycles. The molecule has 3 nitrogen and oxygen atoms in total. The van der Waals surface area contributed by atoms with Crippen LogP contribution in [-0.4, -0.2) is 11.1 Å². The van der Waals surface area contributed by atoms with Crippen LogP contribution in [0, 0.1) is 11.3 Å². The van der Waals surface area contributed by atoms with Crippen LogP contribution < -0.4 is 5.32 Å². The first-order chi connectivity index (χ1) is 8.85. The van der Waals surface area contributed by atoms with Crippen molar-refractivity contribution in [3.8, 4) is 6.07 Å². The Morgan fingerprint density at radius 2 is 2.39 bits per heavy atom. The number of nitrogens with zero attached hydrogens (tertiary/aromatic N) is 2. The Kier molecular flexibility index (Phi) is 4.83. The fourth-order valence-electron chi connectivity index (χ4n) is 2.75. The van der Waals surface area contributed by atoms with E-state index in [0.717, 1.165) is 19.5 Å². The molecule has 0 saturated carbocycles. The van der Waals surface area contributed by atoms with E-state index in [4.69, 9.17) is 5.26 Å². The monoisotopic (exact) mass is 245 g/mol. The van der Waals surface area contributed by atoms with Gasteiger partial charge in [0.25, 0.3) is 0 Å². The molecule has 18 heavy (non-hydrogen) atoms. The summed E-state index contributed by atoms with van der Waals surface area (Å²) in [6, 6.07) is 2.76. The highest BCUT2D eigenvalue weighted by atomic mass is 15.0. The Morgan fingerprint density at radius 1 is 1.50 bits per heavy atom. The van der Waals surface area contributed by atoms with Crippen LogP contribution >= 0.6 is 0 Å². The summed E-state index contributed by atoms with van der Waals surface area (Å²) in [5.74, 6) is 0. The third kappa shape index (κ3) is 3.14. The van der Waals surface area contributed by atoms with E-state index in [2.05, 4.69) is 35.3 Å². The van der Waals surface area contributed by atoms with E-state index in [1.54, 1.807) is 0 Å². The van der Waals surface area contributed by atoms with Crippen molar-refractivity contribution in [1.82, 2.24) is 9.88 Å². The molecule has 1 aliphatic rings. The minimum absolute atomic E-state index is 0.547. The average Bonchev–Trinajstić information content (AvgIpc) is 2.80. The summed E-state index contributed by atoms with van der Waals surface area (Å²) in [5.41, 5.74) is 3.00. The van der Waals surface area contributed by atoms with Crippen molar-refractivity contribution >= 4 is 0 Å². The lowest BCUT2D eigenvalue weighted by Crippen LogP contribution is -2.24. The van der Waals surface area contributed by atoms with Gasteiger partial charge in [-0.1, -0.05) is 6.92 Å². The molecule has 98 valence electrons. The number of hydrogen-bond donors (Lipinski definition) is 1. The Labute approximate surface area is 110 Å². The lowest BCUT2D eigenvalue weighted by Gasteiger charge is -2.23. The zero-order valence-electron chi connectivity index (χ0n) is 11.3. The van der Waals surface area contributed by atoms with E-state index < -0.39 is 0 Å². The number of aromatic nitrogens is 1. The van der Waals surface area contributed by atoms with Crippen molar-refractivity contribution in [3.63, 3.8) is 0 Å². The number of nitriles is 1. The number of unbranched alkanes of at least 4 members (excludes halogenated alkanes) is 1. The maximum absolute atomic E-state index is 8.58. The molecule has 1 aromatic rings. The van der Waals surface area contributed by atoms with Crippen LogP contribution in [0.25, 0.3) is 0 Å². The van der Waals surface area contributed by atoms with Gasteiger partial charge in [-0.3, -0.25) is 0 Å². The normalized spacial score (nSPS) is 18.3. The summed E-state index contributed by atoms with van der Waals surface area (Å²) < 4.78 is 2.27. The Balaban J connectivity index is 2.01. The molecule has 0 fully saturated rings. The van der Waals surface area contributed by atoms with E-state index in [-0.39, 0.29) is 0 Å². The van der Waals surface area contributed by atoms with Gasteiger partial charge in [0.1, 0.15) is 0 Å². The number of fused-ring (bicyclic) bond motifs is 1. The third-order valence-electron chi connectivity index (χ3n) is 3.66. The van der Waals surface area contributed by atoms with Crippen molar-refractivity contribution in [2.24, 2.45) is 0 Å². The van der Waals surface area contributed by atoms with E-state index >= 15 is 0 Å². The first-order valence-corrected chi connectivity index (χ1v) is 7.14. The molecular formula is C15H23N3. The van der Waals surface area contributed by atoms with Gasteiger partial charge < -0.3 is 9.88 Å². The minimum atomic E-state index is 0.547. The van der Waals surface area contributed by atoms with Gasteiger partial charge in [-0.15, -0.1) is 0 Å². The highest BCUT2D eigenvalue weighted by molar-refractivity contribution is 5.30. The minimum Gasteiger partial charge on any atom is -0.354 e. The smallest absolute Gasteiger partial charge is 0.0622 e. The summed E-state index contributed by atoms with van der Waals surface area (Å²) in [6.45, 7) is 4.29. The predicted octanol–water partition coefficient (Wildman–Crippen LogP) is 3.17. The van der Waals surface area contributed by atoms with Gasteiger partial charge >= 0.3 is 0 Å². The molecule has 3 heteroatoms. The molecule has 0 bridgehead atoms. The summed E-state index contributed by atoms with van der Waals surface area (Å²) in [4.78, 5) is 0. The van der Waals surface area contributed by atoms with Crippen LogP contribution in [0.5, 0.6) is 0 Å². The Bertz CT molecular complexity index is 414. The van der Waals surface area contributed by atoms with Gasteiger partial charge in [0.15, 0.2) is 0 Å². The van der Waals surface area contributed by atoms with E-state index in [1.165, 1.54) is 36.8 Å². The van der Waals surface area contributed by atoms with Crippen molar-refractivity contribution in [2.75, 3.05) is 6.54 Å². The molecule has 1 aromatic heterocycles. The van der Waals surface area contributed by atoms with Crippen molar-refractivity contribution in [1.29, 1.82) is 5.26 Å². The molecule has 0 radical (unpaired) electrons. The average molecular weight is 245 g/mol. The van der Waals surface area contributed by atoms with Gasteiger partial charge in [0.05, 0.1) is 6.07 Å². The highest BCUT2D eigenvalue weighted by Gasteiger charge is 2.21. The second-order valence-corrected chi connectivity index (χ2v) is 5.14. The largest absolute Gasteiger partial charge is 0.354 e. The number of nitrogens with one attached hydrogen (secondary N) is 1. The number of hydrogen-bond acceptors (Lipinski definition) is 2. The lowest BCUT2D eigenvalue weighted by molar-refractivity contribution is 0.462. The molecule has 2 rings (SSSR count). The second kappa shape index (κ2) is 6.61. The number of rotatable bonds is 6. The zero-order chi connectivity index (χ0) is 12.8. The molecular weight excluding hydrogens is 222 g/mol. The maximum Gasteiger partial charge on any atom is 0.0622 e. The van der Waals surface area contributed by atoms with Crippen molar-refractivity contribution in [3.05, 3.63) is 23.5 Å². The van der Waals surface area contributed by atoms with E-state index in [1.807, 2.05) is 0 Å². The first kappa shape index (κ1) is 13.2. The topological polar surface area (TPSA) is 40.8 Å². The Hall–Kier alpha value is -1.27. The fourth-order valence-corrected chi connectivity index (χ4v) is 2.75. The van der Waals surface area contributed by atoms with Crippen LogP contribution in [-0.2, 0) is 13.0 Å². The third-order valence-corrected chi connectivity index (χ3v) is 3.66. The molecule has 0 amide bonds. The summed E-state index contributed by atoms with van der Waals surface area (Å²) in [7, 11) is 0. The summed E-state index contributed by atoms with van der Waals surface area (Å²) >= 11 is 0. The van der Waals surface area contributed by atoms with Gasteiger partial charge in [0, 0.05) is 31.4 Å². The molecule has 1 aliphatic carbocycles. The van der Waals surface area contributed by atoms with Gasteiger partial charge in [-0.25, -0.2) is 0 Å². The SMILES string of the molecule is CCCNC1CCCc2cn(CCCC#N)cc21. The fraction of sp³-hybridized carbons (Fsp3) is 0.667. The quantitative estimate of drug-likeness (QED) is 0.782. The van der Waals surface area contributed by atoms with Crippen LogP contribution in [0.15, 0.2) is 12.4 Å². The Morgan fingerprint density at radius 3 is 3.17 bits per heavy atom. The van der Waals surface area contributed by atoms with Gasteiger partial charge in [0.2, 0.25) is 0 Å². The van der Waals surface area contributed by atoms with Gasteiger partial charge in [-0.05, 0) is 49.8 Å². The molecule has 0 saturated heterocycles. The second-order valence-electron chi connectivity index (χ2n) is 5.14. The van der Waals surface area contributed by atoms with Crippen LogP contribution in [0.2, 0.25) is 0 Å². The van der Waals surface area contributed by atoms with E-state index in [0.29, 0.717) is 12.5 Å². The molecule has 0 spiro atoms. The maximum atomic E-state index is 8.58. The standard InChI is InChI=1S/C15H23N3/c1-2-9-17-15-7-5-6-13-11-18(12-14(13)15)10-4-3-8-16/h11-12,15,17H,2-7,9-10H2,1H3. The molecule has 0 aliphatic heterocycles.